The van der Waals surface area contributed by atoms with Gasteiger partial charge in [0.05, 0.1) is 11.6 Å². The molecule has 0 spiro atoms. The lowest BCUT2D eigenvalue weighted by atomic mass is 9.93. The molecule has 2 aliphatic heterocycles. The third-order valence-electron chi connectivity index (χ3n) is 5.77. The minimum atomic E-state index is 0.00639. The van der Waals surface area contributed by atoms with E-state index in [0.717, 1.165) is 62.0 Å². The van der Waals surface area contributed by atoms with Crippen molar-refractivity contribution in [2.75, 3.05) is 24.5 Å². The van der Waals surface area contributed by atoms with Crippen LogP contribution in [0.5, 0.6) is 0 Å². The van der Waals surface area contributed by atoms with E-state index in [-0.39, 0.29) is 12.1 Å². The van der Waals surface area contributed by atoms with E-state index in [4.69, 9.17) is 0 Å². The van der Waals surface area contributed by atoms with Crippen molar-refractivity contribution in [3.8, 4) is 6.07 Å². The van der Waals surface area contributed by atoms with Crippen LogP contribution in [0.2, 0.25) is 0 Å². The second-order valence-electron chi connectivity index (χ2n) is 7.29. The molecule has 140 valence electrons. The summed E-state index contributed by atoms with van der Waals surface area (Å²) in [6.45, 7) is 2.62. The van der Waals surface area contributed by atoms with E-state index in [1.54, 1.807) is 0 Å². The van der Waals surface area contributed by atoms with Crippen molar-refractivity contribution in [3.63, 3.8) is 0 Å². The first-order valence-corrected chi connectivity index (χ1v) is 10.6. The van der Waals surface area contributed by atoms with Gasteiger partial charge in [-0.15, -0.1) is 0 Å². The van der Waals surface area contributed by atoms with E-state index in [2.05, 4.69) is 63.1 Å². The van der Waals surface area contributed by atoms with Crippen molar-refractivity contribution >= 4 is 34.3 Å². The summed E-state index contributed by atoms with van der Waals surface area (Å²) in [4.78, 5) is 17.2. The van der Waals surface area contributed by atoms with E-state index in [1.807, 2.05) is 11.0 Å². The molecule has 0 bridgehead atoms. The zero-order valence-corrected chi connectivity index (χ0v) is 17.4. The normalized spacial score (nSPS) is 21.2. The molecule has 2 amide bonds. The Bertz CT molecular complexity index is 829. The summed E-state index contributed by atoms with van der Waals surface area (Å²) in [5.41, 5.74) is 4.00. The van der Waals surface area contributed by atoms with Gasteiger partial charge in [-0.25, -0.2) is 4.79 Å². The molecule has 1 N–H and O–H groups in total. The average molecular weight is 474 g/mol. The first-order chi connectivity index (χ1) is 13.2. The predicted octanol–water partition coefficient (Wildman–Crippen LogP) is 4.17. The Hall–Kier alpha value is -2.01. The molecule has 5 nitrogen and oxygen atoms in total. The van der Waals surface area contributed by atoms with Crippen molar-refractivity contribution in [2.24, 2.45) is 0 Å². The summed E-state index contributed by atoms with van der Waals surface area (Å²) in [5.74, 6) is 0. The molecule has 2 heterocycles. The fraction of sp³-hybridized carbons (Fsp3) is 0.429. The number of benzene rings is 1. The number of nitrogens with one attached hydrogen (secondary N) is 1. The second kappa shape index (κ2) is 7.93. The van der Waals surface area contributed by atoms with Gasteiger partial charge >= 0.3 is 6.03 Å². The molecule has 1 aromatic rings. The van der Waals surface area contributed by atoms with Crippen LogP contribution < -0.4 is 10.2 Å². The molecular weight excluding hydrogens is 451 g/mol. The number of rotatable bonds is 2. The van der Waals surface area contributed by atoms with Crippen LogP contribution in [0.3, 0.4) is 0 Å². The summed E-state index contributed by atoms with van der Waals surface area (Å²) < 4.78 is 1.25. The highest BCUT2D eigenvalue weighted by atomic mass is 127. The molecule has 1 aromatic carbocycles. The first kappa shape index (κ1) is 18.4. The largest absolute Gasteiger partial charge is 0.371 e. The topological polar surface area (TPSA) is 59.4 Å². The Balaban J connectivity index is 1.41. The smallest absolute Gasteiger partial charge is 0.321 e. The van der Waals surface area contributed by atoms with Crippen molar-refractivity contribution in [1.29, 1.82) is 5.26 Å². The number of urea groups is 1. The highest BCUT2D eigenvalue weighted by Gasteiger charge is 2.32. The summed E-state index contributed by atoms with van der Waals surface area (Å²) in [5, 5.41) is 12.5. The van der Waals surface area contributed by atoms with Crippen LogP contribution in [0.25, 0.3) is 0 Å². The zero-order chi connectivity index (χ0) is 18.8. The molecule has 0 unspecified atom stereocenters. The maximum absolute atomic E-state index is 12.8. The van der Waals surface area contributed by atoms with Gasteiger partial charge < -0.3 is 15.1 Å². The monoisotopic (exact) mass is 474 g/mol. The van der Waals surface area contributed by atoms with Gasteiger partial charge in [0.1, 0.15) is 0 Å². The van der Waals surface area contributed by atoms with Gasteiger partial charge in [-0.3, -0.25) is 0 Å². The quantitative estimate of drug-likeness (QED) is 0.655. The number of allylic oxidation sites excluding steroid dienone is 3. The number of carbonyl (C=O) groups excluding carboxylic acids is 1. The molecule has 0 saturated carbocycles. The van der Waals surface area contributed by atoms with Crippen LogP contribution in [0, 0.1) is 14.9 Å². The zero-order valence-electron chi connectivity index (χ0n) is 15.2. The van der Waals surface area contributed by atoms with Gasteiger partial charge in [0.25, 0.3) is 0 Å². The standard InChI is InChI=1S/C21H23IN4O/c22-16-4-6-17(7-5-16)25-11-8-18(9-12-25)26-13-10-19-15(14-23)2-1-3-20(19)24-21(26)27/h2,4-7,18H,1,3,8-13H2,(H,24,27). The molecule has 4 rings (SSSR count). The van der Waals surface area contributed by atoms with E-state index in [9.17, 15) is 10.1 Å². The SMILES string of the molecule is N#CC1=CCCC2=C1CCN(C1CCN(c3ccc(I)cc3)CC1)C(=O)N2. The first-order valence-electron chi connectivity index (χ1n) is 9.56. The highest BCUT2D eigenvalue weighted by Crippen LogP contribution is 2.30. The molecule has 0 radical (unpaired) electrons. The predicted molar refractivity (Wildman–Crippen MR) is 114 cm³/mol. The minimum absolute atomic E-state index is 0.00639. The summed E-state index contributed by atoms with van der Waals surface area (Å²) in [7, 11) is 0. The third-order valence-corrected chi connectivity index (χ3v) is 6.49. The number of amides is 2. The Labute approximate surface area is 173 Å². The Morgan fingerprint density at radius 2 is 1.85 bits per heavy atom. The van der Waals surface area contributed by atoms with Gasteiger partial charge in [0.15, 0.2) is 0 Å². The van der Waals surface area contributed by atoms with Crippen molar-refractivity contribution < 1.29 is 4.79 Å². The molecule has 3 aliphatic rings. The van der Waals surface area contributed by atoms with Gasteiger partial charge in [0, 0.05) is 40.6 Å². The van der Waals surface area contributed by atoms with E-state index < -0.39 is 0 Å². The number of halogens is 1. The summed E-state index contributed by atoms with van der Waals surface area (Å²) in [6.07, 6.45) is 6.38. The molecule has 0 atom stereocenters. The fourth-order valence-corrected chi connectivity index (χ4v) is 4.66. The average Bonchev–Trinajstić information content (AvgIpc) is 2.87. The van der Waals surface area contributed by atoms with Crippen molar-refractivity contribution in [2.45, 2.75) is 38.1 Å². The lowest BCUT2D eigenvalue weighted by Crippen LogP contribution is -2.50. The lowest BCUT2D eigenvalue weighted by molar-refractivity contribution is 0.168. The molecule has 6 heteroatoms. The lowest BCUT2D eigenvalue weighted by Gasteiger charge is -2.39. The van der Waals surface area contributed by atoms with E-state index in [1.165, 1.54) is 9.26 Å². The molecule has 1 saturated heterocycles. The van der Waals surface area contributed by atoms with Crippen LogP contribution in [-0.2, 0) is 0 Å². The van der Waals surface area contributed by atoms with Gasteiger partial charge in [0.2, 0.25) is 0 Å². The van der Waals surface area contributed by atoms with Crippen molar-refractivity contribution in [3.05, 3.63) is 50.8 Å². The number of hydrogen-bond donors (Lipinski definition) is 1. The number of hydrogen-bond acceptors (Lipinski definition) is 3. The summed E-state index contributed by atoms with van der Waals surface area (Å²) in [6, 6.07) is 11.2. The fourth-order valence-electron chi connectivity index (χ4n) is 4.30. The summed E-state index contributed by atoms with van der Waals surface area (Å²) >= 11 is 2.33. The number of anilines is 1. The number of piperidine rings is 1. The number of carbonyl (C=O) groups is 1. The van der Waals surface area contributed by atoms with Crippen LogP contribution in [0.1, 0.15) is 32.1 Å². The third kappa shape index (κ3) is 3.84. The Morgan fingerprint density at radius 1 is 1.11 bits per heavy atom. The number of nitriles is 1. The maximum atomic E-state index is 12.8. The minimum Gasteiger partial charge on any atom is -0.371 e. The molecule has 1 aliphatic carbocycles. The van der Waals surface area contributed by atoms with Gasteiger partial charge in [-0.2, -0.15) is 5.26 Å². The Kier molecular flexibility index (Phi) is 5.39. The van der Waals surface area contributed by atoms with Gasteiger partial charge in [-0.1, -0.05) is 6.08 Å². The highest BCUT2D eigenvalue weighted by molar-refractivity contribution is 14.1. The van der Waals surface area contributed by atoms with E-state index in [0.29, 0.717) is 6.54 Å². The van der Waals surface area contributed by atoms with E-state index >= 15 is 0 Å². The maximum Gasteiger partial charge on any atom is 0.321 e. The molecule has 0 aromatic heterocycles. The molecule has 1 fully saturated rings. The van der Waals surface area contributed by atoms with Crippen LogP contribution >= 0.6 is 22.6 Å². The van der Waals surface area contributed by atoms with Gasteiger partial charge in [-0.05, 0) is 84.5 Å². The number of nitrogens with zero attached hydrogens (tertiary/aromatic N) is 3. The Morgan fingerprint density at radius 3 is 2.56 bits per heavy atom. The molecule has 27 heavy (non-hydrogen) atoms. The van der Waals surface area contributed by atoms with Crippen LogP contribution in [0.15, 0.2) is 47.2 Å². The molecular formula is C21H23IN4O. The second-order valence-corrected chi connectivity index (χ2v) is 8.54. The van der Waals surface area contributed by atoms with Crippen LogP contribution in [0.4, 0.5) is 10.5 Å². The van der Waals surface area contributed by atoms with Crippen LogP contribution in [-0.4, -0.2) is 36.6 Å². The van der Waals surface area contributed by atoms with Crippen molar-refractivity contribution in [1.82, 2.24) is 10.2 Å².